The molecule has 2 aliphatic rings. The first-order chi connectivity index (χ1) is 19.1. The van der Waals surface area contributed by atoms with E-state index in [-0.39, 0.29) is 44.3 Å². The molecule has 2 aliphatic heterocycles. The molecule has 2 aromatic carbocycles. The van der Waals surface area contributed by atoms with Crippen LogP contribution in [0.15, 0.2) is 48.5 Å². The summed E-state index contributed by atoms with van der Waals surface area (Å²) in [7, 11) is 0. The van der Waals surface area contributed by atoms with Crippen molar-refractivity contribution in [3.8, 4) is 0 Å². The van der Waals surface area contributed by atoms with Gasteiger partial charge in [0.1, 0.15) is 6.04 Å². The van der Waals surface area contributed by atoms with E-state index in [9.17, 15) is 33.0 Å². The first-order valence-corrected chi connectivity index (χ1v) is 14.3. The number of ether oxygens (including phenoxy) is 2. The number of thioether (sulfide) groups is 1. The Kier molecular flexibility index (Phi) is 10.1. The number of nitrogens with one attached hydrogen (secondary N) is 1. The molecular weight excluding hydrogens is 549 g/mol. The summed E-state index contributed by atoms with van der Waals surface area (Å²) >= 11 is 1.56. The van der Waals surface area contributed by atoms with Crippen molar-refractivity contribution in [3.05, 3.63) is 65.2 Å². The van der Waals surface area contributed by atoms with E-state index in [4.69, 9.17) is 9.47 Å². The molecule has 3 N–H and O–H groups in total. The van der Waals surface area contributed by atoms with Gasteiger partial charge in [-0.05, 0) is 36.1 Å². The molecule has 0 spiro atoms. The first kappa shape index (κ1) is 30.3. The van der Waals surface area contributed by atoms with Crippen molar-refractivity contribution in [1.29, 1.82) is 0 Å². The molecule has 2 saturated heterocycles. The molecule has 4 rings (SSSR count). The van der Waals surface area contributed by atoms with Crippen LogP contribution >= 0.6 is 11.8 Å². The standard InChI is InChI=1S/C28H33F3N2O6S/c1-17-23(16-40-13-12-34)38-26(39-24(17)19-9-7-18(15-35)8-10-19)20-4-2-5-21(14-20)32-25(36)22-6-3-11-33(22)27(37)28(29,30)31/h2,4-5,7-10,14,17,22-24,26,34-35H,3,6,11-13,15-16H2,1H3,(H,32,36)/t17-,22-,23+,24+,26+/m0/s1. The van der Waals surface area contributed by atoms with E-state index in [1.165, 1.54) is 0 Å². The topological polar surface area (TPSA) is 108 Å². The highest BCUT2D eigenvalue weighted by atomic mass is 32.2. The number of aliphatic hydroxyl groups is 2. The van der Waals surface area contributed by atoms with Crippen molar-refractivity contribution < 1.29 is 42.4 Å². The number of rotatable bonds is 9. The number of amides is 2. The van der Waals surface area contributed by atoms with Gasteiger partial charge in [-0.2, -0.15) is 24.9 Å². The lowest BCUT2D eigenvalue weighted by Gasteiger charge is -2.41. The Bertz CT molecular complexity index is 1170. The van der Waals surface area contributed by atoms with Gasteiger partial charge in [-0.25, -0.2) is 0 Å². The van der Waals surface area contributed by atoms with Crippen LogP contribution in [0.3, 0.4) is 0 Å². The normalized spacial score (nSPS) is 25.1. The quantitative estimate of drug-likeness (QED) is 0.381. The average molecular weight is 583 g/mol. The maximum atomic E-state index is 13.0. The molecule has 40 heavy (non-hydrogen) atoms. The minimum atomic E-state index is -5.05. The van der Waals surface area contributed by atoms with E-state index >= 15 is 0 Å². The molecular formula is C28H33F3N2O6S. The van der Waals surface area contributed by atoms with Gasteiger partial charge in [0.05, 0.1) is 25.4 Å². The van der Waals surface area contributed by atoms with Crippen molar-refractivity contribution in [2.24, 2.45) is 5.92 Å². The molecule has 2 fully saturated rings. The zero-order valence-electron chi connectivity index (χ0n) is 22.0. The van der Waals surface area contributed by atoms with Gasteiger partial charge in [-0.1, -0.05) is 43.3 Å². The fraction of sp³-hybridized carbons (Fsp3) is 0.500. The molecule has 0 radical (unpaired) electrons. The highest BCUT2D eigenvalue weighted by Crippen LogP contribution is 2.42. The molecule has 0 aliphatic carbocycles. The van der Waals surface area contributed by atoms with Gasteiger partial charge < -0.3 is 29.9 Å². The summed E-state index contributed by atoms with van der Waals surface area (Å²) in [6.07, 6.45) is -5.97. The lowest BCUT2D eigenvalue weighted by atomic mass is 9.91. The highest BCUT2D eigenvalue weighted by molar-refractivity contribution is 7.99. The predicted octanol–water partition coefficient (Wildman–Crippen LogP) is 4.19. The maximum absolute atomic E-state index is 13.0. The number of likely N-dealkylation sites (tertiary alicyclic amines) is 1. The minimum Gasteiger partial charge on any atom is -0.396 e. The van der Waals surface area contributed by atoms with Gasteiger partial charge in [0.25, 0.3) is 0 Å². The van der Waals surface area contributed by atoms with E-state index in [1.54, 1.807) is 36.0 Å². The van der Waals surface area contributed by atoms with Crippen LogP contribution in [0.5, 0.6) is 0 Å². The van der Waals surface area contributed by atoms with Crippen molar-refractivity contribution in [3.63, 3.8) is 0 Å². The number of hydrogen-bond acceptors (Lipinski definition) is 7. The molecule has 0 bridgehead atoms. The number of carbonyl (C=O) groups excluding carboxylic acids is 2. The number of aliphatic hydroxyl groups excluding tert-OH is 2. The Morgan fingerprint density at radius 1 is 1.10 bits per heavy atom. The Balaban J connectivity index is 1.52. The third-order valence-corrected chi connectivity index (χ3v) is 8.16. The number of benzene rings is 2. The zero-order chi connectivity index (χ0) is 28.9. The van der Waals surface area contributed by atoms with Gasteiger partial charge in [0.15, 0.2) is 6.29 Å². The number of hydrogen-bond donors (Lipinski definition) is 3. The number of carbonyl (C=O) groups is 2. The lowest BCUT2D eigenvalue weighted by molar-refractivity contribution is -0.268. The van der Waals surface area contributed by atoms with Crippen molar-refractivity contribution in [2.75, 3.05) is 30.0 Å². The van der Waals surface area contributed by atoms with Crippen LogP contribution in [-0.4, -0.2) is 69.9 Å². The van der Waals surface area contributed by atoms with E-state index in [2.05, 4.69) is 5.32 Å². The molecule has 0 saturated carbocycles. The Labute approximate surface area is 234 Å². The number of anilines is 1. The summed E-state index contributed by atoms with van der Waals surface area (Å²) in [5, 5.41) is 21.3. The lowest BCUT2D eigenvalue weighted by Crippen LogP contribution is -2.48. The van der Waals surface area contributed by atoms with Crippen LogP contribution in [0.2, 0.25) is 0 Å². The molecule has 5 atom stereocenters. The Hall–Kier alpha value is -2.64. The van der Waals surface area contributed by atoms with Gasteiger partial charge in [0, 0.05) is 35.2 Å². The zero-order valence-corrected chi connectivity index (χ0v) is 22.8. The van der Waals surface area contributed by atoms with E-state index in [1.807, 2.05) is 31.2 Å². The van der Waals surface area contributed by atoms with Crippen molar-refractivity contribution >= 4 is 29.3 Å². The average Bonchev–Trinajstić information content (AvgIpc) is 3.43. The third-order valence-electron chi connectivity index (χ3n) is 7.13. The molecule has 2 aromatic rings. The molecule has 0 unspecified atom stereocenters. The van der Waals surface area contributed by atoms with Crippen LogP contribution in [0.1, 0.15) is 48.8 Å². The summed E-state index contributed by atoms with van der Waals surface area (Å²) in [5.74, 6) is -1.56. The second-order valence-electron chi connectivity index (χ2n) is 9.89. The fourth-order valence-corrected chi connectivity index (χ4v) is 5.92. The molecule has 8 nitrogen and oxygen atoms in total. The van der Waals surface area contributed by atoms with E-state index < -0.39 is 30.3 Å². The number of nitrogens with zero attached hydrogens (tertiary/aromatic N) is 1. The molecule has 12 heteroatoms. The van der Waals surface area contributed by atoms with Gasteiger partial charge in [0.2, 0.25) is 5.91 Å². The monoisotopic (exact) mass is 582 g/mol. The summed E-state index contributed by atoms with van der Waals surface area (Å²) in [5.41, 5.74) is 2.63. The minimum absolute atomic E-state index is 0.0372. The Morgan fingerprint density at radius 3 is 2.52 bits per heavy atom. The second kappa shape index (κ2) is 13.3. The predicted molar refractivity (Wildman–Crippen MR) is 143 cm³/mol. The molecule has 218 valence electrons. The summed E-state index contributed by atoms with van der Waals surface area (Å²) in [4.78, 5) is 25.3. The number of halogens is 3. The van der Waals surface area contributed by atoms with Gasteiger partial charge in [-0.3, -0.25) is 9.59 Å². The molecule has 0 aromatic heterocycles. The molecule has 2 amide bonds. The molecule has 2 heterocycles. The smallest absolute Gasteiger partial charge is 0.396 e. The SMILES string of the molecule is C[C@H]1[C@@H](CSCCO)O[C@@H](c2cccc(NC(=O)[C@@H]3CCCN3C(=O)C(F)(F)F)c2)O[C@H]1c1ccc(CO)cc1. The summed E-state index contributed by atoms with van der Waals surface area (Å²) < 4.78 is 51.7. The number of alkyl halides is 3. The van der Waals surface area contributed by atoms with Crippen molar-refractivity contribution in [1.82, 2.24) is 4.90 Å². The van der Waals surface area contributed by atoms with Gasteiger partial charge >= 0.3 is 12.1 Å². The van der Waals surface area contributed by atoms with Crippen LogP contribution in [0.4, 0.5) is 18.9 Å². The Morgan fingerprint density at radius 2 is 1.85 bits per heavy atom. The van der Waals surface area contributed by atoms with Crippen molar-refractivity contribution in [2.45, 2.75) is 57.1 Å². The first-order valence-electron chi connectivity index (χ1n) is 13.1. The third kappa shape index (κ3) is 7.16. The van der Waals surface area contributed by atoms with E-state index in [0.29, 0.717) is 34.1 Å². The van der Waals surface area contributed by atoms with Crippen LogP contribution in [-0.2, 0) is 25.7 Å². The highest BCUT2D eigenvalue weighted by Gasteiger charge is 2.47. The van der Waals surface area contributed by atoms with E-state index in [0.717, 1.165) is 11.1 Å². The van der Waals surface area contributed by atoms with Crippen LogP contribution in [0, 0.1) is 5.92 Å². The van der Waals surface area contributed by atoms with Crippen LogP contribution in [0.25, 0.3) is 0 Å². The largest absolute Gasteiger partial charge is 0.471 e. The maximum Gasteiger partial charge on any atom is 0.471 e. The van der Waals surface area contributed by atoms with Crippen LogP contribution < -0.4 is 5.32 Å². The summed E-state index contributed by atoms with van der Waals surface area (Å²) in [6, 6.07) is 13.0. The van der Waals surface area contributed by atoms with Gasteiger partial charge in [-0.15, -0.1) is 0 Å². The second-order valence-corrected chi connectivity index (χ2v) is 11.0. The summed E-state index contributed by atoms with van der Waals surface area (Å²) in [6.45, 7) is 1.87. The fourth-order valence-electron chi connectivity index (χ4n) is 5.01.